The standard InChI is InChI=1S/C17H25NO2S/c1-17(2,3)14-4-5-15(16(19)21)13(12-14)6-7-18-8-10-20-11-9-18/h4-5,12H,6-11H2,1-3H3,(H,19,21). The van der Waals surface area contributed by atoms with Gasteiger partial charge in [0, 0.05) is 25.2 Å². The molecule has 0 bridgehead atoms. The summed E-state index contributed by atoms with van der Waals surface area (Å²) in [7, 11) is 0. The summed E-state index contributed by atoms with van der Waals surface area (Å²) in [6.45, 7) is 11.1. The molecule has 0 spiro atoms. The zero-order valence-electron chi connectivity index (χ0n) is 13.2. The molecule has 1 aromatic rings. The number of nitrogens with zero attached hydrogens (tertiary/aromatic N) is 1. The Hall–Kier alpha value is -0.840. The third-order valence-electron chi connectivity index (χ3n) is 4.00. The highest BCUT2D eigenvalue weighted by molar-refractivity contribution is 7.97. The number of morpholine rings is 1. The molecule has 1 aliphatic rings. The fourth-order valence-electron chi connectivity index (χ4n) is 2.58. The number of hydrogen-bond donors (Lipinski definition) is 1. The number of carbonyl (C=O) groups excluding carboxylic acids is 1. The molecule has 1 heterocycles. The lowest BCUT2D eigenvalue weighted by Gasteiger charge is -2.27. The Labute approximate surface area is 133 Å². The average molecular weight is 307 g/mol. The first-order valence-corrected chi connectivity index (χ1v) is 7.99. The smallest absolute Gasteiger partial charge is 0.216 e. The van der Waals surface area contributed by atoms with Crippen LogP contribution in [0.3, 0.4) is 0 Å². The third-order valence-corrected chi connectivity index (χ3v) is 4.24. The van der Waals surface area contributed by atoms with Crippen molar-refractivity contribution in [2.75, 3.05) is 32.8 Å². The largest absolute Gasteiger partial charge is 0.379 e. The minimum absolute atomic E-state index is 0.0892. The quantitative estimate of drug-likeness (QED) is 0.867. The van der Waals surface area contributed by atoms with Gasteiger partial charge in [0.25, 0.3) is 0 Å². The Kier molecular flexibility index (Phi) is 5.47. The molecule has 4 heteroatoms. The Morgan fingerprint density at radius 1 is 1.29 bits per heavy atom. The summed E-state index contributed by atoms with van der Waals surface area (Å²) in [5, 5.41) is -0.146. The van der Waals surface area contributed by atoms with Gasteiger partial charge in [-0.2, -0.15) is 0 Å². The fraction of sp³-hybridized carbons (Fsp3) is 0.588. The molecule has 0 N–H and O–H groups in total. The zero-order valence-corrected chi connectivity index (χ0v) is 14.1. The van der Waals surface area contributed by atoms with Gasteiger partial charge in [0.1, 0.15) is 0 Å². The van der Waals surface area contributed by atoms with Gasteiger partial charge in [0.2, 0.25) is 5.12 Å². The fourth-order valence-corrected chi connectivity index (χ4v) is 2.80. The van der Waals surface area contributed by atoms with Crippen LogP contribution in [0, 0.1) is 0 Å². The van der Waals surface area contributed by atoms with E-state index < -0.39 is 0 Å². The molecule has 0 aliphatic carbocycles. The van der Waals surface area contributed by atoms with Crippen LogP contribution in [-0.2, 0) is 16.6 Å². The second-order valence-corrected chi connectivity index (χ2v) is 7.04. The summed E-state index contributed by atoms with van der Waals surface area (Å²) in [5.74, 6) is 0. The summed E-state index contributed by atoms with van der Waals surface area (Å²) in [6.07, 6.45) is 0.881. The highest BCUT2D eigenvalue weighted by Crippen LogP contribution is 2.25. The van der Waals surface area contributed by atoms with Crippen LogP contribution in [-0.4, -0.2) is 42.9 Å². The lowest BCUT2D eigenvalue weighted by Crippen LogP contribution is -2.37. The topological polar surface area (TPSA) is 29.5 Å². The monoisotopic (exact) mass is 307 g/mol. The maximum Gasteiger partial charge on any atom is 0.216 e. The molecule has 1 fully saturated rings. The van der Waals surface area contributed by atoms with Gasteiger partial charge >= 0.3 is 0 Å². The van der Waals surface area contributed by atoms with E-state index in [1.165, 1.54) is 5.56 Å². The molecule has 0 aromatic heterocycles. The van der Waals surface area contributed by atoms with Crippen LogP contribution < -0.4 is 0 Å². The summed E-state index contributed by atoms with van der Waals surface area (Å²) >= 11 is 4.01. The number of thiol groups is 1. The average Bonchev–Trinajstić information content (AvgIpc) is 2.45. The lowest BCUT2D eigenvalue weighted by atomic mass is 9.85. The molecule has 1 aliphatic heterocycles. The Morgan fingerprint density at radius 2 is 1.95 bits per heavy atom. The minimum atomic E-state index is -0.146. The molecule has 0 amide bonds. The first-order chi connectivity index (χ1) is 9.88. The molecule has 0 atom stereocenters. The third kappa shape index (κ3) is 4.56. The van der Waals surface area contributed by atoms with Gasteiger partial charge < -0.3 is 4.74 Å². The van der Waals surface area contributed by atoms with Crippen LogP contribution in [0.4, 0.5) is 0 Å². The predicted molar refractivity (Wildman–Crippen MR) is 89.4 cm³/mol. The molecule has 1 saturated heterocycles. The van der Waals surface area contributed by atoms with Crippen LogP contribution in [0.5, 0.6) is 0 Å². The summed E-state index contributed by atoms with van der Waals surface area (Å²) in [5.41, 5.74) is 3.19. The molecular formula is C17H25NO2S. The first kappa shape index (κ1) is 16.5. The van der Waals surface area contributed by atoms with E-state index in [9.17, 15) is 4.79 Å². The van der Waals surface area contributed by atoms with E-state index in [0.29, 0.717) is 0 Å². The van der Waals surface area contributed by atoms with E-state index >= 15 is 0 Å². The van der Waals surface area contributed by atoms with E-state index in [4.69, 9.17) is 4.74 Å². The van der Waals surface area contributed by atoms with Gasteiger partial charge in [-0.3, -0.25) is 9.69 Å². The normalized spacial score (nSPS) is 17.0. The van der Waals surface area contributed by atoms with Crippen LogP contribution in [0.1, 0.15) is 42.3 Å². The van der Waals surface area contributed by atoms with Gasteiger partial charge in [0.15, 0.2) is 0 Å². The highest BCUT2D eigenvalue weighted by Gasteiger charge is 2.18. The number of carbonyl (C=O) groups is 1. The van der Waals surface area contributed by atoms with Crippen molar-refractivity contribution in [1.29, 1.82) is 0 Å². The van der Waals surface area contributed by atoms with Crippen molar-refractivity contribution < 1.29 is 9.53 Å². The van der Waals surface area contributed by atoms with Crippen molar-refractivity contribution in [2.24, 2.45) is 0 Å². The van der Waals surface area contributed by atoms with E-state index in [1.807, 2.05) is 12.1 Å². The SMILES string of the molecule is CC(C)(C)c1ccc(C(=O)S)c(CCN2CCOCC2)c1. The summed E-state index contributed by atoms with van der Waals surface area (Å²) in [4.78, 5) is 14.1. The number of ether oxygens (including phenoxy) is 1. The highest BCUT2D eigenvalue weighted by atomic mass is 32.1. The van der Waals surface area contributed by atoms with Gasteiger partial charge in [-0.25, -0.2) is 0 Å². The van der Waals surface area contributed by atoms with Crippen LogP contribution in [0.2, 0.25) is 0 Å². The second kappa shape index (κ2) is 6.95. The van der Waals surface area contributed by atoms with E-state index in [2.05, 4.69) is 44.4 Å². The number of rotatable bonds is 4. The van der Waals surface area contributed by atoms with Gasteiger partial charge in [-0.05, 0) is 29.0 Å². The first-order valence-electron chi connectivity index (χ1n) is 7.55. The molecule has 3 nitrogen and oxygen atoms in total. The predicted octanol–water partition coefficient (Wildman–Crippen LogP) is 2.93. The maximum atomic E-state index is 11.7. The Morgan fingerprint density at radius 3 is 2.52 bits per heavy atom. The molecule has 0 unspecified atom stereocenters. The Balaban J connectivity index is 2.16. The van der Waals surface area contributed by atoms with E-state index in [0.717, 1.165) is 50.4 Å². The van der Waals surface area contributed by atoms with Crippen LogP contribution in [0.15, 0.2) is 18.2 Å². The summed E-state index contributed by atoms with van der Waals surface area (Å²) < 4.78 is 5.37. The molecular weight excluding hydrogens is 282 g/mol. The number of benzene rings is 1. The molecule has 116 valence electrons. The van der Waals surface area contributed by atoms with Crippen molar-refractivity contribution in [1.82, 2.24) is 4.90 Å². The maximum absolute atomic E-state index is 11.7. The van der Waals surface area contributed by atoms with Crippen LogP contribution >= 0.6 is 12.6 Å². The molecule has 0 saturated carbocycles. The van der Waals surface area contributed by atoms with E-state index in [-0.39, 0.29) is 10.5 Å². The summed E-state index contributed by atoms with van der Waals surface area (Å²) in [6, 6.07) is 6.14. The van der Waals surface area contributed by atoms with Crippen molar-refractivity contribution in [2.45, 2.75) is 32.6 Å². The van der Waals surface area contributed by atoms with E-state index in [1.54, 1.807) is 0 Å². The van der Waals surface area contributed by atoms with Gasteiger partial charge in [-0.15, -0.1) is 12.6 Å². The lowest BCUT2D eigenvalue weighted by molar-refractivity contribution is 0.0384. The molecule has 0 radical (unpaired) electrons. The second-order valence-electron chi connectivity index (χ2n) is 6.63. The minimum Gasteiger partial charge on any atom is -0.379 e. The van der Waals surface area contributed by atoms with Crippen LogP contribution in [0.25, 0.3) is 0 Å². The van der Waals surface area contributed by atoms with Gasteiger partial charge in [-0.1, -0.05) is 32.9 Å². The molecule has 2 rings (SSSR count). The molecule has 21 heavy (non-hydrogen) atoms. The Bertz CT molecular complexity index is 502. The number of hydrogen-bond acceptors (Lipinski definition) is 3. The van der Waals surface area contributed by atoms with Crippen molar-refractivity contribution in [3.05, 3.63) is 34.9 Å². The molecule has 1 aromatic carbocycles. The van der Waals surface area contributed by atoms with Gasteiger partial charge in [0.05, 0.1) is 13.2 Å². The van der Waals surface area contributed by atoms with Crippen molar-refractivity contribution >= 4 is 17.7 Å². The van der Waals surface area contributed by atoms with Crippen molar-refractivity contribution in [3.8, 4) is 0 Å². The zero-order chi connectivity index (χ0) is 15.5. The van der Waals surface area contributed by atoms with Crippen molar-refractivity contribution in [3.63, 3.8) is 0 Å².